The summed E-state index contributed by atoms with van der Waals surface area (Å²) >= 11 is 6.10. The molecular weight excluding hydrogens is 384 g/mol. The van der Waals surface area contributed by atoms with E-state index in [2.05, 4.69) is 0 Å². The maximum atomic E-state index is 12.2. The Morgan fingerprint density at radius 1 is 0.893 bits per heavy atom. The van der Waals surface area contributed by atoms with Gasteiger partial charge in [0.1, 0.15) is 23.0 Å². The standard InChI is InChI=1S/C21H19ClO6/c1-11-6-18(23)16(20(25)27-11)9-14(13-4-3-5-15(22)8-13)10-17-19(24)7-12(2)28-21(17)26/h3-8,14,23-24H,9-10H2,1-2H3. The van der Waals surface area contributed by atoms with Crippen molar-refractivity contribution < 1.29 is 19.0 Å². The molecule has 28 heavy (non-hydrogen) atoms. The van der Waals surface area contributed by atoms with Gasteiger partial charge in [0.25, 0.3) is 0 Å². The number of halogens is 1. The molecule has 0 fully saturated rings. The van der Waals surface area contributed by atoms with E-state index in [1.165, 1.54) is 12.1 Å². The van der Waals surface area contributed by atoms with Crippen molar-refractivity contribution >= 4 is 11.6 Å². The Morgan fingerprint density at radius 2 is 1.39 bits per heavy atom. The van der Waals surface area contributed by atoms with E-state index in [0.29, 0.717) is 16.5 Å². The summed E-state index contributed by atoms with van der Waals surface area (Å²) in [5.41, 5.74) is -0.376. The van der Waals surface area contributed by atoms with Gasteiger partial charge in [-0.05, 0) is 50.3 Å². The van der Waals surface area contributed by atoms with Gasteiger partial charge in [0.15, 0.2) is 0 Å². The molecule has 0 atom stereocenters. The summed E-state index contributed by atoms with van der Waals surface area (Å²) in [6.45, 7) is 3.13. The lowest BCUT2D eigenvalue weighted by molar-refractivity contribution is 0.410. The van der Waals surface area contributed by atoms with Crippen LogP contribution in [0.4, 0.5) is 0 Å². The van der Waals surface area contributed by atoms with Crippen LogP contribution in [0.1, 0.15) is 34.1 Å². The predicted octanol–water partition coefficient (Wildman–Crippen LogP) is 3.84. The molecule has 2 N–H and O–H groups in total. The molecule has 0 saturated heterocycles. The highest BCUT2D eigenvalue weighted by atomic mass is 35.5. The lowest BCUT2D eigenvalue weighted by atomic mass is 9.87. The highest BCUT2D eigenvalue weighted by Gasteiger charge is 2.23. The van der Waals surface area contributed by atoms with E-state index < -0.39 is 17.2 Å². The van der Waals surface area contributed by atoms with Crippen molar-refractivity contribution in [1.82, 2.24) is 0 Å². The highest BCUT2D eigenvalue weighted by Crippen LogP contribution is 2.30. The van der Waals surface area contributed by atoms with Gasteiger partial charge in [-0.25, -0.2) is 9.59 Å². The van der Waals surface area contributed by atoms with Crippen molar-refractivity contribution in [2.24, 2.45) is 0 Å². The molecule has 2 aromatic heterocycles. The van der Waals surface area contributed by atoms with Gasteiger partial charge >= 0.3 is 11.3 Å². The van der Waals surface area contributed by atoms with E-state index in [-0.39, 0.29) is 35.5 Å². The summed E-state index contributed by atoms with van der Waals surface area (Å²) in [6, 6.07) is 9.70. The molecule has 6 nitrogen and oxygen atoms in total. The van der Waals surface area contributed by atoms with Gasteiger partial charge in [-0.3, -0.25) is 0 Å². The largest absolute Gasteiger partial charge is 0.507 e. The average molecular weight is 403 g/mol. The van der Waals surface area contributed by atoms with Gasteiger partial charge in [-0.2, -0.15) is 0 Å². The predicted molar refractivity (Wildman–Crippen MR) is 104 cm³/mol. The zero-order valence-corrected chi connectivity index (χ0v) is 16.1. The zero-order chi connectivity index (χ0) is 20.4. The minimum atomic E-state index is -0.648. The maximum Gasteiger partial charge on any atom is 0.342 e. The van der Waals surface area contributed by atoms with Crippen molar-refractivity contribution in [1.29, 1.82) is 0 Å². The lowest BCUT2D eigenvalue weighted by Crippen LogP contribution is -2.18. The van der Waals surface area contributed by atoms with E-state index in [9.17, 15) is 19.8 Å². The Labute approximate surface area is 165 Å². The Balaban J connectivity index is 2.07. The van der Waals surface area contributed by atoms with E-state index in [0.717, 1.165) is 5.56 Å². The first-order chi connectivity index (χ1) is 13.2. The smallest absolute Gasteiger partial charge is 0.342 e. The molecule has 7 heteroatoms. The molecule has 146 valence electrons. The van der Waals surface area contributed by atoms with Gasteiger partial charge in [-0.1, -0.05) is 23.7 Å². The number of hydrogen-bond donors (Lipinski definition) is 2. The number of aromatic hydroxyl groups is 2. The molecule has 0 aliphatic carbocycles. The van der Waals surface area contributed by atoms with Crippen LogP contribution < -0.4 is 11.3 Å². The van der Waals surface area contributed by atoms with Crippen molar-refractivity contribution in [2.75, 3.05) is 0 Å². The van der Waals surface area contributed by atoms with Gasteiger partial charge in [0.2, 0.25) is 0 Å². The molecular formula is C21H19ClO6. The number of hydrogen-bond acceptors (Lipinski definition) is 6. The van der Waals surface area contributed by atoms with Gasteiger partial charge < -0.3 is 19.0 Å². The highest BCUT2D eigenvalue weighted by molar-refractivity contribution is 6.30. The molecule has 3 rings (SSSR count). The average Bonchev–Trinajstić information content (AvgIpc) is 2.59. The summed E-state index contributed by atoms with van der Waals surface area (Å²) in [4.78, 5) is 24.5. The van der Waals surface area contributed by atoms with Crippen molar-refractivity contribution in [3.63, 3.8) is 0 Å². The molecule has 2 heterocycles. The monoisotopic (exact) mass is 402 g/mol. The van der Waals surface area contributed by atoms with Crippen LogP contribution in [-0.2, 0) is 12.8 Å². The van der Waals surface area contributed by atoms with E-state index in [1.54, 1.807) is 38.1 Å². The number of aryl methyl sites for hydroxylation is 2. The van der Waals surface area contributed by atoms with E-state index >= 15 is 0 Å². The number of rotatable bonds is 5. The lowest BCUT2D eigenvalue weighted by Gasteiger charge is -2.18. The number of benzene rings is 1. The van der Waals surface area contributed by atoms with Crippen LogP contribution in [-0.4, -0.2) is 10.2 Å². The van der Waals surface area contributed by atoms with Crippen molar-refractivity contribution in [3.05, 3.63) is 90.5 Å². The third kappa shape index (κ3) is 4.28. The van der Waals surface area contributed by atoms with Crippen molar-refractivity contribution in [3.8, 4) is 11.5 Å². The first-order valence-corrected chi connectivity index (χ1v) is 9.03. The molecule has 0 aliphatic rings. The fourth-order valence-electron chi connectivity index (χ4n) is 3.18. The van der Waals surface area contributed by atoms with Gasteiger partial charge in [0, 0.05) is 17.2 Å². The SMILES string of the molecule is Cc1cc(O)c(CC(Cc2c(O)cc(C)oc2=O)c2cccc(Cl)c2)c(=O)o1. The Hall–Kier alpha value is -2.99. The Bertz CT molecular complexity index is 1060. The summed E-state index contributed by atoms with van der Waals surface area (Å²) in [7, 11) is 0. The second-order valence-corrected chi connectivity index (χ2v) is 7.11. The molecule has 0 spiro atoms. The fraction of sp³-hybridized carbons (Fsp3) is 0.238. The van der Waals surface area contributed by atoms with Crippen LogP contribution in [0.25, 0.3) is 0 Å². The molecule has 0 aliphatic heterocycles. The summed E-state index contributed by atoms with van der Waals surface area (Å²) in [5, 5.41) is 20.9. The third-order valence-electron chi connectivity index (χ3n) is 4.52. The van der Waals surface area contributed by atoms with Crippen LogP contribution in [0, 0.1) is 13.8 Å². The first kappa shape index (κ1) is 19.8. The summed E-state index contributed by atoms with van der Waals surface area (Å²) < 4.78 is 10.2. The first-order valence-electron chi connectivity index (χ1n) is 8.65. The minimum Gasteiger partial charge on any atom is -0.507 e. The summed E-state index contributed by atoms with van der Waals surface area (Å²) in [5.74, 6) is -0.210. The molecule has 1 aromatic carbocycles. The quantitative estimate of drug-likeness (QED) is 0.672. The maximum absolute atomic E-state index is 12.2. The topological polar surface area (TPSA) is 101 Å². The van der Waals surface area contributed by atoms with Crippen LogP contribution in [0.15, 0.2) is 54.8 Å². The normalized spacial score (nSPS) is 11.1. The fourth-order valence-corrected chi connectivity index (χ4v) is 3.38. The van der Waals surface area contributed by atoms with Gasteiger partial charge in [0.05, 0.1) is 11.1 Å². The molecule has 0 radical (unpaired) electrons. The van der Waals surface area contributed by atoms with Crippen LogP contribution in [0.3, 0.4) is 0 Å². The van der Waals surface area contributed by atoms with Crippen LogP contribution in [0.2, 0.25) is 5.02 Å². The molecule has 0 saturated carbocycles. The third-order valence-corrected chi connectivity index (χ3v) is 4.75. The zero-order valence-electron chi connectivity index (χ0n) is 15.4. The van der Waals surface area contributed by atoms with Crippen LogP contribution in [0.5, 0.6) is 11.5 Å². The molecule has 0 bridgehead atoms. The summed E-state index contributed by atoms with van der Waals surface area (Å²) in [6.07, 6.45) is 0.170. The second-order valence-electron chi connectivity index (χ2n) is 6.68. The van der Waals surface area contributed by atoms with E-state index in [4.69, 9.17) is 20.4 Å². The second kappa shape index (κ2) is 7.94. The van der Waals surface area contributed by atoms with Gasteiger partial charge in [-0.15, -0.1) is 0 Å². The molecule has 0 unspecified atom stereocenters. The molecule has 0 amide bonds. The Morgan fingerprint density at radius 3 is 1.82 bits per heavy atom. The van der Waals surface area contributed by atoms with E-state index in [1.807, 2.05) is 0 Å². The van der Waals surface area contributed by atoms with Crippen LogP contribution >= 0.6 is 11.6 Å². The minimum absolute atomic E-state index is 0.0849. The van der Waals surface area contributed by atoms with Crippen molar-refractivity contribution in [2.45, 2.75) is 32.6 Å². The molecule has 3 aromatic rings. The Kier molecular flexibility index (Phi) is 5.61.